The number of fused-ring (bicyclic) bond motifs is 1. The van der Waals surface area contributed by atoms with Crippen LogP contribution in [0.4, 0.5) is 0 Å². The summed E-state index contributed by atoms with van der Waals surface area (Å²) in [4.78, 5) is 12.7. The molecule has 172 valence electrons. The topological polar surface area (TPSA) is 68.2 Å². The fourth-order valence-corrected chi connectivity index (χ4v) is 6.19. The molecule has 0 aliphatic heterocycles. The summed E-state index contributed by atoms with van der Waals surface area (Å²) in [5.74, 6) is 0.313. The lowest BCUT2D eigenvalue weighted by Gasteiger charge is -2.21. The largest absolute Gasteiger partial charge is 0.308 e. The highest BCUT2D eigenvalue weighted by Crippen LogP contribution is 2.27. The maximum Gasteiger partial charge on any atom is 0.308 e. The van der Waals surface area contributed by atoms with Crippen LogP contribution < -0.4 is 9.60 Å². The highest BCUT2D eigenvalue weighted by molar-refractivity contribution is 7.89. The van der Waals surface area contributed by atoms with Crippen LogP contribution in [0.25, 0.3) is 10.2 Å². The first kappa shape index (κ1) is 23.7. The Hall–Kier alpha value is -2.45. The fourth-order valence-electron chi connectivity index (χ4n) is 3.80. The number of sulfonamides is 1. The van der Waals surface area contributed by atoms with Crippen molar-refractivity contribution in [3.63, 3.8) is 0 Å². The summed E-state index contributed by atoms with van der Waals surface area (Å²) >= 11 is 7.00. The Balaban J connectivity index is 1.64. The normalized spacial score (nSPS) is 13.0. The van der Waals surface area contributed by atoms with E-state index in [0.717, 1.165) is 22.5 Å². The Morgan fingerprint density at radius 1 is 1.00 bits per heavy atom. The van der Waals surface area contributed by atoms with Crippen molar-refractivity contribution in [1.29, 1.82) is 0 Å². The molecular formula is C25H25ClN2O3S2. The van der Waals surface area contributed by atoms with Gasteiger partial charge < -0.3 is 0 Å². The van der Waals surface area contributed by atoms with E-state index >= 15 is 0 Å². The average molecular weight is 501 g/mol. The van der Waals surface area contributed by atoms with Gasteiger partial charge in [-0.1, -0.05) is 79.2 Å². The van der Waals surface area contributed by atoms with Crippen LogP contribution in [0.1, 0.15) is 37.4 Å². The molecule has 0 aliphatic carbocycles. The predicted molar refractivity (Wildman–Crippen MR) is 136 cm³/mol. The van der Waals surface area contributed by atoms with Crippen LogP contribution in [-0.4, -0.2) is 13.0 Å². The van der Waals surface area contributed by atoms with Crippen molar-refractivity contribution in [3.8, 4) is 0 Å². The lowest BCUT2D eigenvalue weighted by Crippen LogP contribution is -2.29. The van der Waals surface area contributed by atoms with Crippen molar-refractivity contribution >= 4 is 43.2 Å². The third kappa shape index (κ3) is 5.55. The molecule has 4 aromatic rings. The van der Waals surface area contributed by atoms with Crippen molar-refractivity contribution < 1.29 is 8.42 Å². The van der Waals surface area contributed by atoms with Crippen molar-refractivity contribution in [1.82, 2.24) is 9.29 Å². The first-order valence-electron chi connectivity index (χ1n) is 10.7. The summed E-state index contributed by atoms with van der Waals surface area (Å²) in [6, 6.07) is 21.4. The molecule has 0 bridgehead atoms. The summed E-state index contributed by atoms with van der Waals surface area (Å²) < 4.78 is 31.7. The molecule has 1 N–H and O–H groups in total. The molecule has 3 aromatic carbocycles. The molecule has 0 spiro atoms. The van der Waals surface area contributed by atoms with Gasteiger partial charge in [-0.15, -0.1) is 0 Å². The SMILES string of the molecule is CC(C)C[C@@H](NS(=O)(=O)c1ccc2c(c1)sc(=O)n2Cc1ccc(Cl)cc1)c1ccccc1. The minimum absolute atomic E-state index is 0.135. The lowest BCUT2D eigenvalue weighted by atomic mass is 9.98. The van der Waals surface area contributed by atoms with Crippen molar-refractivity contribution in [3.05, 3.63) is 98.6 Å². The van der Waals surface area contributed by atoms with Crippen LogP contribution in [0.5, 0.6) is 0 Å². The third-order valence-corrected chi connectivity index (χ3v) is 8.07. The van der Waals surface area contributed by atoms with Crippen LogP contribution in [0.3, 0.4) is 0 Å². The van der Waals surface area contributed by atoms with Gasteiger partial charge in [-0.25, -0.2) is 13.1 Å². The molecule has 0 saturated heterocycles. The van der Waals surface area contributed by atoms with Crippen LogP contribution in [-0.2, 0) is 16.6 Å². The smallest absolute Gasteiger partial charge is 0.294 e. The minimum atomic E-state index is -3.78. The highest BCUT2D eigenvalue weighted by Gasteiger charge is 2.23. The van der Waals surface area contributed by atoms with E-state index in [1.54, 1.807) is 34.9 Å². The van der Waals surface area contributed by atoms with Gasteiger partial charge in [-0.3, -0.25) is 9.36 Å². The Kier molecular flexibility index (Phi) is 7.05. The number of benzene rings is 3. The lowest BCUT2D eigenvalue weighted by molar-refractivity contribution is 0.472. The van der Waals surface area contributed by atoms with Crippen LogP contribution in [0.2, 0.25) is 5.02 Å². The summed E-state index contributed by atoms with van der Waals surface area (Å²) in [6.45, 7) is 4.53. The molecule has 0 amide bonds. The van der Waals surface area contributed by atoms with Crippen molar-refractivity contribution in [2.45, 2.75) is 37.8 Å². The zero-order valence-electron chi connectivity index (χ0n) is 18.4. The second-order valence-electron chi connectivity index (χ2n) is 8.42. The molecule has 33 heavy (non-hydrogen) atoms. The second-order valence-corrected chi connectivity index (χ2v) is 11.6. The molecule has 8 heteroatoms. The molecule has 1 heterocycles. The van der Waals surface area contributed by atoms with Crippen LogP contribution in [0, 0.1) is 5.92 Å². The number of nitrogens with one attached hydrogen (secondary N) is 1. The van der Waals surface area contributed by atoms with E-state index in [9.17, 15) is 13.2 Å². The molecule has 0 saturated carbocycles. The molecule has 1 aromatic heterocycles. The minimum Gasteiger partial charge on any atom is -0.294 e. The zero-order chi connectivity index (χ0) is 23.6. The maximum absolute atomic E-state index is 13.3. The van der Waals surface area contributed by atoms with E-state index in [1.165, 1.54) is 0 Å². The van der Waals surface area contributed by atoms with E-state index in [-0.39, 0.29) is 15.8 Å². The van der Waals surface area contributed by atoms with Crippen LogP contribution in [0.15, 0.2) is 82.5 Å². The molecule has 5 nitrogen and oxygen atoms in total. The van der Waals surface area contributed by atoms with E-state index in [1.807, 2.05) is 42.5 Å². The summed E-state index contributed by atoms with van der Waals surface area (Å²) in [5.41, 5.74) is 2.58. The Bertz CT molecular complexity index is 1410. The van der Waals surface area contributed by atoms with E-state index in [4.69, 9.17) is 11.6 Å². The van der Waals surface area contributed by atoms with Gasteiger partial charge in [-0.2, -0.15) is 0 Å². The monoisotopic (exact) mass is 500 g/mol. The molecule has 0 fully saturated rings. The molecule has 0 radical (unpaired) electrons. The quantitative estimate of drug-likeness (QED) is 0.331. The van der Waals surface area contributed by atoms with Gasteiger partial charge in [0.25, 0.3) is 0 Å². The maximum atomic E-state index is 13.3. The summed E-state index contributed by atoms with van der Waals surface area (Å²) in [5, 5.41) is 0.634. The third-order valence-electron chi connectivity index (χ3n) is 5.41. The van der Waals surface area contributed by atoms with Crippen molar-refractivity contribution in [2.24, 2.45) is 5.92 Å². The molecule has 1 atom stereocenters. The van der Waals surface area contributed by atoms with Crippen LogP contribution >= 0.6 is 22.9 Å². The van der Waals surface area contributed by atoms with Gasteiger partial charge in [0.1, 0.15) is 0 Å². The number of hydrogen-bond acceptors (Lipinski definition) is 4. The van der Waals surface area contributed by atoms with E-state index in [0.29, 0.717) is 34.1 Å². The standard InChI is InChI=1S/C25H25ClN2O3S2/c1-17(2)14-22(19-6-4-3-5-7-19)27-33(30,31)21-12-13-23-24(15-21)32-25(29)28(23)16-18-8-10-20(26)11-9-18/h3-13,15,17,22,27H,14,16H2,1-2H3/t22-/m1/s1. The van der Waals surface area contributed by atoms with E-state index in [2.05, 4.69) is 18.6 Å². The van der Waals surface area contributed by atoms with Gasteiger partial charge >= 0.3 is 4.87 Å². The zero-order valence-corrected chi connectivity index (χ0v) is 20.8. The Labute approximate surface area is 202 Å². The van der Waals surface area contributed by atoms with Gasteiger partial charge in [0, 0.05) is 11.1 Å². The molecule has 4 rings (SSSR count). The van der Waals surface area contributed by atoms with Gasteiger partial charge in [0.05, 0.1) is 21.7 Å². The van der Waals surface area contributed by atoms with E-state index < -0.39 is 10.0 Å². The fraction of sp³-hybridized carbons (Fsp3) is 0.240. The number of aromatic nitrogens is 1. The first-order valence-corrected chi connectivity index (χ1v) is 13.4. The highest BCUT2D eigenvalue weighted by atomic mass is 35.5. The number of hydrogen-bond donors (Lipinski definition) is 1. The summed E-state index contributed by atoms with van der Waals surface area (Å²) in [7, 11) is -3.78. The number of rotatable bonds is 8. The molecule has 0 unspecified atom stereocenters. The van der Waals surface area contributed by atoms with Gasteiger partial charge in [0.2, 0.25) is 10.0 Å². The Morgan fingerprint density at radius 3 is 2.36 bits per heavy atom. The van der Waals surface area contributed by atoms with Gasteiger partial charge in [-0.05, 0) is 53.8 Å². The summed E-state index contributed by atoms with van der Waals surface area (Å²) in [6.07, 6.45) is 0.677. The number of thiazole rings is 1. The average Bonchev–Trinajstić information content (AvgIpc) is 3.09. The predicted octanol–water partition coefficient (Wildman–Crippen LogP) is 5.83. The number of nitrogens with zero attached hydrogens (tertiary/aromatic N) is 1. The van der Waals surface area contributed by atoms with Gasteiger partial charge in [0.15, 0.2) is 0 Å². The molecular weight excluding hydrogens is 476 g/mol. The first-order chi connectivity index (χ1) is 15.7. The molecule has 0 aliphatic rings. The second kappa shape index (κ2) is 9.81. The van der Waals surface area contributed by atoms with Crippen molar-refractivity contribution in [2.75, 3.05) is 0 Å². The Morgan fingerprint density at radius 2 is 1.70 bits per heavy atom. The number of halogens is 1.